The Morgan fingerprint density at radius 2 is 1.91 bits per heavy atom. The minimum absolute atomic E-state index is 0.0710. The van der Waals surface area contributed by atoms with E-state index in [-0.39, 0.29) is 6.04 Å². The molecule has 1 amide bonds. The SMILES string of the molecule is CCN1CCC(CC(=O)N2CCC[C@H]2c2ccc3c(NCc4ccccc4)n[nH]c3n2)CC1. The van der Waals surface area contributed by atoms with Crippen molar-refractivity contribution in [3.05, 3.63) is 53.7 Å². The topological polar surface area (TPSA) is 77.2 Å². The van der Waals surface area contributed by atoms with Gasteiger partial charge in [-0.2, -0.15) is 5.10 Å². The number of likely N-dealkylation sites (tertiary alicyclic amines) is 2. The van der Waals surface area contributed by atoms with Crippen molar-refractivity contribution in [3.63, 3.8) is 0 Å². The van der Waals surface area contributed by atoms with E-state index in [1.54, 1.807) is 0 Å². The quantitative estimate of drug-likeness (QED) is 0.564. The van der Waals surface area contributed by atoms with Crippen LogP contribution in [0.1, 0.15) is 56.3 Å². The summed E-state index contributed by atoms with van der Waals surface area (Å²) >= 11 is 0. The minimum atomic E-state index is 0.0710. The minimum Gasteiger partial charge on any atom is -0.364 e. The van der Waals surface area contributed by atoms with Gasteiger partial charge in [0.2, 0.25) is 5.91 Å². The Morgan fingerprint density at radius 3 is 2.70 bits per heavy atom. The van der Waals surface area contributed by atoms with E-state index in [9.17, 15) is 4.79 Å². The van der Waals surface area contributed by atoms with Crippen molar-refractivity contribution in [2.75, 3.05) is 31.5 Å². The zero-order valence-corrected chi connectivity index (χ0v) is 19.5. The van der Waals surface area contributed by atoms with Crippen molar-refractivity contribution >= 4 is 22.8 Å². The number of anilines is 1. The van der Waals surface area contributed by atoms with E-state index in [1.165, 1.54) is 5.56 Å². The molecular formula is C26H34N6O. The summed E-state index contributed by atoms with van der Waals surface area (Å²) in [7, 11) is 0. The van der Waals surface area contributed by atoms with Crippen molar-refractivity contribution < 1.29 is 4.79 Å². The van der Waals surface area contributed by atoms with Crippen LogP contribution in [0.3, 0.4) is 0 Å². The Kier molecular flexibility index (Phi) is 6.58. The van der Waals surface area contributed by atoms with Crippen LogP contribution >= 0.6 is 0 Å². The third-order valence-electron chi connectivity index (χ3n) is 7.28. The van der Waals surface area contributed by atoms with Gasteiger partial charge in [-0.15, -0.1) is 0 Å². The first-order valence-corrected chi connectivity index (χ1v) is 12.4. The number of aromatic nitrogens is 3. The van der Waals surface area contributed by atoms with E-state index in [1.807, 2.05) is 18.2 Å². The molecule has 0 bridgehead atoms. The number of H-pyrrole nitrogens is 1. The standard InChI is InChI=1S/C26H34N6O/c1-2-31-15-12-19(13-16-31)17-24(33)32-14-6-9-23(32)22-11-10-21-25(29-30-26(21)28-22)27-18-20-7-4-3-5-8-20/h3-5,7-8,10-11,19,23H,2,6,9,12-18H2,1H3,(H2,27,28,29,30)/t23-/m0/s1. The van der Waals surface area contributed by atoms with E-state index in [4.69, 9.17) is 4.98 Å². The van der Waals surface area contributed by atoms with Crippen molar-refractivity contribution in [1.29, 1.82) is 0 Å². The second kappa shape index (κ2) is 9.91. The van der Waals surface area contributed by atoms with Crippen LogP contribution in [0.5, 0.6) is 0 Å². The predicted octanol–water partition coefficient (Wildman–Crippen LogP) is 4.36. The molecule has 2 saturated heterocycles. The third kappa shape index (κ3) is 4.88. The first-order chi connectivity index (χ1) is 16.2. The number of pyridine rings is 1. The van der Waals surface area contributed by atoms with Crippen LogP contribution in [-0.2, 0) is 11.3 Å². The number of hydrogen-bond acceptors (Lipinski definition) is 5. The molecule has 33 heavy (non-hydrogen) atoms. The van der Waals surface area contributed by atoms with Crippen LogP contribution in [0.2, 0.25) is 0 Å². The summed E-state index contributed by atoms with van der Waals surface area (Å²) in [5, 5.41) is 11.9. The van der Waals surface area contributed by atoms with Gasteiger partial charge in [-0.1, -0.05) is 37.3 Å². The van der Waals surface area contributed by atoms with E-state index in [0.29, 0.717) is 24.8 Å². The van der Waals surface area contributed by atoms with Crippen molar-refractivity contribution in [2.24, 2.45) is 5.92 Å². The lowest BCUT2D eigenvalue weighted by atomic mass is 9.93. The van der Waals surface area contributed by atoms with Crippen molar-refractivity contribution in [2.45, 2.75) is 51.6 Å². The van der Waals surface area contributed by atoms with Gasteiger partial charge >= 0.3 is 0 Å². The molecule has 0 aliphatic carbocycles. The smallest absolute Gasteiger partial charge is 0.223 e. The van der Waals surface area contributed by atoms with E-state index >= 15 is 0 Å². The number of carbonyl (C=O) groups is 1. The molecule has 2 aliphatic heterocycles. The van der Waals surface area contributed by atoms with Crippen LogP contribution in [0.4, 0.5) is 5.82 Å². The molecule has 7 nitrogen and oxygen atoms in total. The number of piperidine rings is 1. The fraction of sp³-hybridized carbons (Fsp3) is 0.500. The normalized spacial score (nSPS) is 19.9. The molecule has 1 aromatic carbocycles. The number of benzene rings is 1. The summed E-state index contributed by atoms with van der Waals surface area (Å²) < 4.78 is 0. The van der Waals surface area contributed by atoms with Gasteiger partial charge in [0.05, 0.1) is 17.1 Å². The second-order valence-electron chi connectivity index (χ2n) is 9.37. The molecule has 4 heterocycles. The van der Waals surface area contributed by atoms with E-state index in [2.05, 4.69) is 56.5 Å². The molecule has 0 unspecified atom stereocenters. The molecule has 174 valence electrons. The maximum Gasteiger partial charge on any atom is 0.223 e. The van der Waals surface area contributed by atoms with Crippen LogP contribution in [0.15, 0.2) is 42.5 Å². The maximum atomic E-state index is 13.2. The Hall–Kier alpha value is -2.93. The second-order valence-corrected chi connectivity index (χ2v) is 9.37. The monoisotopic (exact) mass is 446 g/mol. The number of aromatic amines is 1. The number of amides is 1. The van der Waals surface area contributed by atoms with Gasteiger partial charge in [0.25, 0.3) is 0 Å². The summed E-state index contributed by atoms with van der Waals surface area (Å²) in [5.41, 5.74) is 2.94. The molecule has 0 spiro atoms. The number of fused-ring (bicyclic) bond motifs is 1. The highest BCUT2D eigenvalue weighted by Gasteiger charge is 2.33. The number of carbonyl (C=O) groups excluding carboxylic acids is 1. The van der Waals surface area contributed by atoms with Crippen molar-refractivity contribution in [1.82, 2.24) is 25.0 Å². The lowest BCUT2D eigenvalue weighted by Gasteiger charge is -2.32. The largest absolute Gasteiger partial charge is 0.364 e. The summed E-state index contributed by atoms with van der Waals surface area (Å²) in [6.45, 7) is 7.12. The fourth-order valence-electron chi connectivity index (χ4n) is 5.27. The van der Waals surface area contributed by atoms with E-state index < -0.39 is 0 Å². The zero-order valence-electron chi connectivity index (χ0n) is 19.5. The van der Waals surface area contributed by atoms with Gasteiger partial charge in [-0.05, 0) is 68.9 Å². The van der Waals surface area contributed by atoms with Gasteiger partial charge in [0.1, 0.15) is 0 Å². The summed E-state index contributed by atoms with van der Waals surface area (Å²) in [4.78, 5) is 22.6. The highest BCUT2D eigenvalue weighted by Crippen LogP contribution is 2.34. The Balaban J connectivity index is 1.24. The summed E-state index contributed by atoms with van der Waals surface area (Å²) in [5.74, 6) is 1.62. The molecule has 0 saturated carbocycles. The van der Waals surface area contributed by atoms with Crippen LogP contribution < -0.4 is 5.32 Å². The zero-order chi connectivity index (χ0) is 22.6. The van der Waals surface area contributed by atoms with Gasteiger partial charge in [0.15, 0.2) is 11.5 Å². The molecular weight excluding hydrogens is 412 g/mol. The predicted molar refractivity (Wildman–Crippen MR) is 131 cm³/mol. The summed E-state index contributed by atoms with van der Waals surface area (Å²) in [6, 6.07) is 14.5. The Labute approximate surface area is 195 Å². The average Bonchev–Trinajstić information content (AvgIpc) is 3.51. The molecule has 5 rings (SSSR count). The highest BCUT2D eigenvalue weighted by molar-refractivity contribution is 5.87. The van der Waals surface area contributed by atoms with E-state index in [0.717, 1.165) is 74.4 Å². The van der Waals surface area contributed by atoms with Gasteiger partial charge < -0.3 is 15.1 Å². The van der Waals surface area contributed by atoms with Crippen molar-refractivity contribution in [3.8, 4) is 0 Å². The first kappa shape index (κ1) is 21.9. The molecule has 1 atom stereocenters. The Bertz CT molecular complexity index is 1070. The molecule has 7 heteroatoms. The van der Waals surface area contributed by atoms with Gasteiger partial charge in [-0.3, -0.25) is 9.89 Å². The average molecular weight is 447 g/mol. The maximum absolute atomic E-state index is 13.2. The first-order valence-electron chi connectivity index (χ1n) is 12.4. The Morgan fingerprint density at radius 1 is 1.09 bits per heavy atom. The summed E-state index contributed by atoms with van der Waals surface area (Å²) in [6.07, 6.45) is 4.96. The third-order valence-corrected chi connectivity index (χ3v) is 7.28. The molecule has 2 fully saturated rings. The number of hydrogen-bond donors (Lipinski definition) is 2. The van der Waals surface area contributed by atoms with Crippen LogP contribution in [-0.4, -0.2) is 57.1 Å². The van der Waals surface area contributed by atoms with Crippen LogP contribution in [0, 0.1) is 5.92 Å². The lowest BCUT2D eigenvalue weighted by molar-refractivity contribution is -0.133. The highest BCUT2D eigenvalue weighted by atomic mass is 16.2. The molecule has 3 aromatic rings. The lowest BCUT2D eigenvalue weighted by Crippen LogP contribution is -2.37. The number of rotatable bonds is 7. The number of nitrogens with one attached hydrogen (secondary N) is 2. The number of nitrogens with zero attached hydrogens (tertiary/aromatic N) is 4. The van der Waals surface area contributed by atoms with Gasteiger partial charge in [-0.25, -0.2) is 4.98 Å². The molecule has 2 aliphatic rings. The molecule has 2 aromatic heterocycles. The van der Waals surface area contributed by atoms with Gasteiger partial charge in [0, 0.05) is 19.5 Å². The van der Waals surface area contributed by atoms with Crippen LogP contribution in [0.25, 0.3) is 11.0 Å². The molecule has 0 radical (unpaired) electrons. The molecule has 2 N–H and O–H groups in total. The fourth-order valence-corrected chi connectivity index (χ4v) is 5.27.